The number of anilines is 1. The molecule has 0 heterocycles. The normalized spacial score (nSPS) is 10.6. The summed E-state index contributed by atoms with van der Waals surface area (Å²) >= 11 is 0. The molecule has 6 heteroatoms. The highest BCUT2D eigenvalue weighted by molar-refractivity contribution is 5.80. The van der Waals surface area contributed by atoms with Crippen LogP contribution in [0.1, 0.15) is 5.56 Å². The number of rotatable bonds is 4. The Bertz CT molecular complexity index is 615. The maximum Gasteiger partial charge on any atom is 0.272 e. The largest absolute Gasteiger partial charge is 0.276 e. The zero-order valence-corrected chi connectivity index (χ0v) is 9.79. The van der Waals surface area contributed by atoms with E-state index in [1.807, 2.05) is 30.3 Å². The zero-order valence-electron chi connectivity index (χ0n) is 9.79. The number of benzene rings is 2. The van der Waals surface area contributed by atoms with Crippen LogP contribution in [0, 0.1) is 15.9 Å². The van der Waals surface area contributed by atoms with Crippen molar-refractivity contribution in [3.05, 3.63) is 70.0 Å². The SMILES string of the molecule is O=[N+]([O-])c1ccc(N/N=C/c2ccccc2)c(F)c1. The van der Waals surface area contributed by atoms with Crippen LogP contribution >= 0.6 is 0 Å². The van der Waals surface area contributed by atoms with Gasteiger partial charge in [0.2, 0.25) is 0 Å². The fourth-order valence-electron chi connectivity index (χ4n) is 1.42. The first-order chi connectivity index (χ1) is 9.16. The van der Waals surface area contributed by atoms with E-state index in [0.717, 1.165) is 11.6 Å². The number of nitro groups is 1. The molecular formula is C13H10FN3O2. The second kappa shape index (κ2) is 5.72. The maximum absolute atomic E-state index is 13.5. The molecule has 0 radical (unpaired) electrons. The van der Waals surface area contributed by atoms with Crippen molar-refractivity contribution in [1.29, 1.82) is 0 Å². The van der Waals surface area contributed by atoms with E-state index >= 15 is 0 Å². The van der Waals surface area contributed by atoms with Gasteiger partial charge in [0.05, 0.1) is 22.9 Å². The summed E-state index contributed by atoms with van der Waals surface area (Å²) in [5.41, 5.74) is 3.14. The van der Waals surface area contributed by atoms with Gasteiger partial charge in [0, 0.05) is 6.07 Å². The number of nitrogens with zero attached hydrogens (tertiary/aromatic N) is 2. The van der Waals surface area contributed by atoms with Gasteiger partial charge in [-0.25, -0.2) is 4.39 Å². The average Bonchev–Trinajstić information content (AvgIpc) is 2.41. The second-order valence-corrected chi connectivity index (χ2v) is 3.70. The Morgan fingerprint density at radius 3 is 2.58 bits per heavy atom. The fraction of sp³-hybridized carbons (Fsp3) is 0. The molecule has 0 bridgehead atoms. The van der Waals surface area contributed by atoms with Gasteiger partial charge in [-0.2, -0.15) is 5.10 Å². The molecule has 0 aromatic heterocycles. The lowest BCUT2D eigenvalue weighted by Crippen LogP contribution is -1.95. The topological polar surface area (TPSA) is 67.5 Å². The third-order valence-electron chi connectivity index (χ3n) is 2.36. The fourth-order valence-corrected chi connectivity index (χ4v) is 1.42. The summed E-state index contributed by atoms with van der Waals surface area (Å²) in [6.07, 6.45) is 1.53. The van der Waals surface area contributed by atoms with Gasteiger partial charge >= 0.3 is 0 Å². The van der Waals surface area contributed by atoms with Crippen molar-refractivity contribution in [2.75, 3.05) is 5.43 Å². The number of hydrogen-bond donors (Lipinski definition) is 1. The summed E-state index contributed by atoms with van der Waals surface area (Å²) in [6, 6.07) is 12.6. The van der Waals surface area contributed by atoms with Crippen LogP contribution in [0.4, 0.5) is 15.8 Å². The van der Waals surface area contributed by atoms with Crippen molar-refractivity contribution in [1.82, 2.24) is 0 Å². The Labute approximate surface area is 108 Å². The third kappa shape index (κ3) is 3.35. The van der Waals surface area contributed by atoms with Crippen molar-refractivity contribution >= 4 is 17.6 Å². The molecule has 5 nitrogen and oxygen atoms in total. The van der Waals surface area contributed by atoms with E-state index in [2.05, 4.69) is 10.5 Å². The molecule has 0 saturated carbocycles. The van der Waals surface area contributed by atoms with Crippen LogP contribution in [0.15, 0.2) is 53.6 Å². The quantitative estimate of drug-likeness (QED) is 0.521. The van der Waals surface area contributed by atoms with Gasteiger partial charge < -0.3 is 0 Å². The molecule has 2 rings (SSSR count). The molecule has 2 aromatic carbocycles. The number of hydrazone groups is 1. The smallest absolute Gasteiger partial charge is 0.272 e. The number of non-ortho nitro benzene ring substituents is 1. The minimum Gasteiger partial charge on any atom is -0.276 e. The Hall–Kier alpha value is -2.76. The maximum atomic E-state index is 13.5. The lowest BCUT2D eigenvalue weighted by atomic mass is 10.2. The van der Waals surface area contributed by atoms with Gasteiger partial charge in [-0.1, -0.05) is 30.3 Å². The molecular weight excluding hydrogens is 249 g/mol. The Balaban J connectivity index is 2.08. The number of nitrogens with one attached hydrogen (secondary N) is 1. The predicted octanol–water partition coefficient (Wildman–Crippen LogP) is 3.18. The minimum absolute atomic E-state index is 0.0813. The summed E-state index contributed by atoms with van der Waals surface area (Å²) in [5, 5.41) is 14.3. The summed E-state index contributed by atoms with van der Waals surface area (Å²) in [4.78, 5) is 9.80. The van der Waals surface area contributed by atoms with Gasteiger partial charge in [0.1, 0.15) is 0 Å². The van der Waals surface area contributed by atoms with E-state index in [1.54, 1.807) is 0 Å². The zero-order chi connectivity index (χ0) is 13.7. The van der Waals surface area contributed by atoms with Crippen LogP contribution in [0.3, 0.4) is 0 Å². The molecule has 0 saturated heterocycles. The van der Waals surface area contributed by atoms with Crippen molar-refractivity contribution in [2.45, 2.75) is 0 Å². The van der Waals surface area contributed by atoms with Crippen molar-refractivity contribution < 1.29 is 9.31 Å². The van der Waals surface area contributed by atoms with Crippen LogP contribution in [-0.4, -0.2) is 11.1 Å². The highest BCUT2D eigenvalue weighted by Gasteiger charge is 2.09. The van der Waals surface area contributed by atoms with Crippen LogP contribution in [0.5, 0.6) is 0 Å². The molecule has 0 aliphatic rings. The molecule has 96 valence electrons. The van der Waals surface area contributed by atoms with Gasteiger partial charge in [-0.15, -0.1) is 0 Å². The minimum atomic E-state index is -0.723. The van der Waals surface area contributed by atoms with Gasteiger partial charge in [0.15, 0.2) is 5.82 Å². The van der Waals surface area contributed by atoms with Crippen LogP contribution in [-0.2, 0) is 0 Å². The van der Waals surface area contributed by atoms with Crippen LogP contribution < -0.4 is 5.43 Å². The van der Waals surface area contributed by atoms with E-state index in [-0.39, 0.29) is 11.4 Å². The molecule has 1 N–H and O–H groups in total. The Morgan fingerprint density at radius 1 is 1.21 bits per heavy atom. The van der Waals surface area contributed by atoms with Crippen LogP contribution in [0.25, 0.3) is 0 Å². The number of hydrogen-bond acceptors (Lipinski definition) is 4. The van der Waals surface area contributed by atoms with E-state index in [1.165, 1.54) is 18.3 Å². The lowest BCUT2D eigenvalue weighted by Gasteiger charge is -2.01. The first-order valence-electron chi connectivity index (χ1n) is 5.45. The second-order valence-electron chi connectivity index (χ2n) is 3.70. The van der Waals surface area contributed by atoms with E-state index in [0.29, 0.717) is 0 Å². The molecule has 0 aliphatic heterocycles. The van der Waals surface area contributed by atoms with Crippen molar-refractivity contribution in [3.8, 4) is 0 Å². The predicted molar refractivity (Wildman–Crippen MR) is 70.7 cm³/mol. The number of halogens is 1. The summed E-state index contributed by atoms with van der Waals surface area (Å²) in [6.45, 7) is 0. The molecule has 0 unspecified atom stereocenters. The molecule has 0 amide bonds. The number of nitro benzene ring substituents is 1. The third-order valence-corrected chi connectivity index (χ3v) is 2.36. The summed E-state index contributed by atoms with van der Waals surface area (Å²) < 4.78 is 13.5. The van der Waals surface area contributed by atoms with E-state index < -0.39 is 10.7 Å². The Morgan fingerprint density at radius 2 is 1.95 bits per heavy atom. The molecule has 0 atom stereocenters. The van der Waals surface area contributed by atoms with Gasteiger partial charge in [-0.05, 0) is 11.6 Å². The molecule has 0 aliphatic carbocycles. The van der Waals surface area contributed by atoms with Crippen molar-refractivity contribution in [3.63, 3.8) is 0 Å². The molecule has 0 spiro atoms. The monoisotopic (exact) mass is 259 g/mol. The van der Waals surface area contributed by atoms with Crippen LogP contribution in [0.2, 0.25) is 0 Å². The molecule has 2 aromatic rings. The summed E-state index contributed by atoms with van der Waals surface area (Å²) in [7, 11) is 0. The highest BCUT2D eigenvalue weighted by atomic mass is 19.1. The average molecular weight is 259 g/mol. The van der Waals surface area contributed by atoms with Gasteiger partial charge in [0.25, 0.3) is 5.69 Å². The molecule has 0 fully saturated rings. The first kappa shape index (κ1) is 12.7. The van der Waals surface area contributed by atoms with E-state index in [9.17, 15) is 14.5 Å². The van der Waals surface area contributed by atoms with Gasteiger partial charge in [-0.3, -0.25) is 15.5 Å². The standard InChI is InChI=1S/C13H10FN3O2/c14-12-8-11(17(18)19)6-7-13(12)16-15-9-10-4-2-1-3-5-10/h1-9,16H/b15-9+. The summed E-state index contributed by atoms with van der Waals surface area (Å²) in [5.74, 6) is -0.723. The highest BCUT2D eigenvalue weighted by Crippen LogP contribution is 2.20. The first-order valence-corrected chi connectivity index (χ1v) is 5.45. The van der Waals surface area contributed by atoms with Crippen molar-refractivity contribution in [2.24, 2.45) is 5.10 Å². The Kier molecular flexibility index (Phi) is 3.82. The van der Waals surface area contributed by atoms with E-state index in [4.69, 9.17) is 0 Å². The lowest BCUT2D eigenvalue weighted by molar-refractivity contribution is -0.385. The molecule has 19 heavy (non-hydrogen) atoms.